The SMILES string of the molecule is C=C(C)CS(=O)(=O)NCCc1nc(-c2ccc(OC)cc2)cs1. The van der Waals surface area contributed by atoms with Gasteiger partial charge in [0, 0.05) is 23.9 Å². The van der Waals surface area contributed by atoms with Crippen molar-refractivity contribution in [2.45, 2.75) is 13.3 Å². The summed E-state index contributed by atoms with van der Waals surface area (Å²) in [7, 11) is -1.66. The van der Waals surface area contributed by atoms with E-state index in [9.17, 15) is 8.42 Å². The van der Waals surface area contributed by atoms with Crippen LogP contribution in [0.3, 0.4) is 0 Å². The highest BCUT2D eigenvalue weighted by Gasteiger charge is 2.10. The van der Waals surface area contributed by atoms with Crippen LogP contribution in [0.25, 0.3) is 11.3 Å². The molecule has 2 aromatic rings. The normalized spacial score (nSPS) is 11.4. The van der Waals surface area contributed by atoms with Crippen molar-refractivity contribution in [2.75, 3.05) is 19.4 Å². The van der Waals surface area contributed by atoms with Crippen molar-refractivity contribution in [1.29, 1.82) is 0 Å². The zero-order valence-corrected chi connectivity index (χ0v) is 14.8. The molecule has 1 heterocycles. The third kappa shape index (κ3) is 5.46. The third-order valence-electron chi connectivity index (χ3n) is 3.03. The molecule has 124 valence electrons. The van der Waals surface area contributed by atoms with Gasteiger partial charge >= 0.3 is 0 Å². The predicted molar refractivity (Wildman–Crippen MR) is 94.4 cm³/mol. The van der Waals surface area contributed by atoms with Crippen LogP contribution in [0.2, 0.25) is 0 Å². The maximum absolute atomic E-state index is 11.7. The van der Waals surface area contributed by atoms with Crippen molar-refractivity contribution in [3.63, 3.8) is 0 Å². The van der Waals surface area contributed by atoms with Crippen LogP contribution in [-0.2, 0) is 16.4 Å². The van der Waals surface area contributed by atoms with Crippen LogP contribution in [0, 0.1) is 0 Å². The Balaban J connectivity index is 1.93. The minimum absolute atomic E-state index is 0.0397. The number of methoxy groups -OCH3 is 1. The molecule has 2 rings (SSSR count). The predicted octanol–water partition coefficient (Wildman–Crippen LogP) is 2.86. The molecule has 0 atom stereocenters. The Morgan fingerprint density at radius 2 is 2.04 bits per heavy atom. The van der Waals surface area contributed by atoms with Gasteiger partial charge in [0.25, 0.3) is 0 Å². The van der Waals surface area contributed by atoms with E-state index in [-0.39, 0.29) is 5.75 Å². The van der Waals surface area contributed by atoms with E-state index in [1.54, 1.807) is 14.0 Å². The Morgan fingerprint density at radius 1 is 1.35 bits per heavy atom. The van der Waals surface area contributed by atoms with Crippen LogP contribution in [0.4, 0.5) is 0 Å². The Morgan fingerprint density at radius 3 is 2.65 bits per heavy atom. The van der Waals surface area contributed by atoms with Crippen LogP contribution in [0.5, 0.6) is 5.75 Å². The molecule has 0 bridgehead atoms. The highest BCUT2D eigenvalue weighted by Crippen LogP contribution is 2.24. The van der Waals surface area contributed by atoms with Crippen LogP contribution in [-0.4, -0.2) is 32.8 Å². The first-order valence-corrected chi connectivity index (χ1v) is 9.63. The van der Waals surface area contributed by atoms with Gasteiger partial charge in [-0.3, -0.25) is 0 Å². The van der Waals surface area contributed by atoms with Crippen molar-refractivity contribution in [1.82, 2.24) is 9.71 Å². The number of benzene rings is 1. The fourth-order valence-corrected chi connectivity index (χ4v) is 3.98. The van der Waals surface area contributed by atoms with E-state index >= 15 is 0 Å². The molecular formula is C16H20N2O3S2. The number of sulfonamides is 1. The largest absolute Gasteiger partial charge is 0.497 e. The Kier molecular flexibility index (Phi) is 5.92. The number of aromatic nitrogens is 1. The molecule has 1 N–H and O–H groups in total. The molecule has 0 radical (unpaired) electrons. The molecule has 1 aromatic heterocycles. The van der Waals surface area contributed by atoms with Crippen molar-refractivity contribution in [3.8, 4) is 17.0 Å². The first-order chi connectivity index (χ1) is 10.9. The number of hydrogen-bond acceptors (Lipinski definition) is 5. The number of ether oxygens (including phenoxy) is 1. The summed E-state index contributed by atoms with van der Waals surface area (Å²) in [6, 6.07) is 7.68. The molecule has 23 heavy (non-hydrogen) atoms. The first kappa shape index (κ1) is 17.7. The average Bonchev–Trinajstić information content (AvgIpc) is 2.94. The lowest BCUT2D eigenvalue weighted by atomic mass is 10.2. The number of thiazole rings is 1. The van der Waals surface area contributed by atoms with Crippen molar-refractivity contribution in [2.24, 2.45) is 0 Å². The van der Waals surface area contributed by atoms with E-state index in [4.69, 9.17) is 4.74 Å². The van der Waals surface area contributed by atoms with Gasteiger partial charge in [0.2, 0.25) is 10.0 Å². The van der Waals surface area contributed by atoms with Crippen LogP contribution in [0.1, 0.15) is 11.9 Å². The fourth-order valence-electron chi connectivity index (χ4n) is 2.01. The number of hydrogen-bond donors (Lipinski definition) is 1. The summed E-state index contributed by atoms with van der Waals surface area (Å²) in [6.45, 7) is 5.65. The summed E-state index contributed by atoms with van der Waals surface area (Å²) in [4.78, 5) is 4.54. The maximum Gasteiger partial charge on any atom is 0.215 e. The summed E-state index contributed by atoms with van der Waals surface area (Å²) in [5.74, 6) is 0.762. The monoisotopic (exact) mass is 352 g/mol. The van der Waals surface area contributed by atoms with E-state index < -0.39 is 10.0 Å². The molecule has 0 saturated heterocycles. The van der Waals surface area contributed by atoms with Gasteiger partial charge in [-0.15, -0.1) is 11.3 Å². The molecule has 0 saturated carbocycles. The summed E-state index contributed by atoms with van der Waals surface area (Å²) in [5, 5.41) is 2.87. The lowest BCUT2D eigenvalue weighted by Crippen LogP contribution is -2.28. The minimum atomic E-state index is -3.29. The summed E-state index contributed by atoms with van der Waals surface area (Å²) in [6.07, 6.45) is 0.566. The average molecular weight is 352 g/mol. The lowest BCUT2D eigenvalue weighted by Gasteiger charge is -2.05. The molecular weight excluding hydrogens is 332 g/mol. The van der Waals surface area contributed by atoms with E-state index in [0.717, 1.165) is 22.0 Å². The second-order valence-electron chi connectivity index (χ2n) is 5.22. The number of rotatable bonds is 8. The second kappa shape index (κ2) is 7.72. The molecule has 0 amide bonds. The zero-order valence-electron chi connectivity index (χ0n) is 13.2. The van der Waals surface area contributed by atoms with E-state index in [1.807, 2.05) is 29.6 Å². The van der Waals surface area contributed by atoms with Gasteiger partial charge in [0.15, 0.2) is 0 Å². The van der Waals surface area contributed by atoms with Gasteiger partial charge < -0.3 is 4.74 Å². The molecule has 0 aliphatic heterocycles. The summed E-state index contributed by atoms with van der Waals surface area (Å²) >= 11 is 1.52. The molecule has 7 heteroatoms. The van der Waals surface area contributed by atoms with E-state index in [1.165, 1.54) is 11.3 Å². The van der Waals surface area contributed by atoms with Gasteiger partial charge in [-0.25, -0.2) is 18.1 Å². The highest BCUT2D eigenvalue weighted by atomic mass is 32.2. The smallest absolute Gasteiger partial charge is 0.215 e. The van der Waals surface area contributed by atoms with Crippen LogP contribution < -0.4 is 9.46 Å². The molecule has 0 aliphatic carbocycles. The molecule has 1 aromatic carbocycles. The summed E-state index contributed by atoms with van der Waals surface area (Å²) in [5.41, 5.74) is 2.52. The van der Waals surface area contributed by atoms with Gasteiger partial charge in [0.1, 0.15) is 5.75 Å². The Hall–Kier alpha value is -1.70. The second-order valence-corrected chi connectivity index (χ2v) is 7.97. The quantitative estimate of drug-likeness (QED) is 0.742. The minimum Gasteiger partial charge on any atom is -0.497 e. The van der Waals surface area contributed by atoms with Crippen molar-refractivity contribution < 1.29 is 13.2 Å². The molecule has 0 fully saturated rings. The third-order valence-corrected chi connectivity index (χ3v) is 5.46. The van der Waals surface area contributed by atoms with Gasteiger partial charge in [0.05, 0.1) is 23.6 Å². The van der Waals surface area contributed by atoms with Crippen LogP contribution in [0.15, 0.2) is 41.8 Å². The highest BCUT2D eigenvalue weighted by molar-refractivity contribution is 7.89. The number of nitrogens with one attached hydrogen (secondary N) is 1. The fraction of sp³-hybridized carbons (Fsp3) is 0.312. The molecule has 5 nitrogen and oxygen atoms in total. The zero-order chi connectivity index (χ0) is 16.9. The Labute approximate surface area is 141 Å². The molecule has 0 unspecified atom stereocenters. The van der Waals surface area contributed by atoms with Crippen LogP contribution >= 0.6 is 11.3 Å². The Bertz CT molecular complexity index is 765. The van der Waals surface area contributed by atoms with E-state index in [2.05, 4.69) is 16.3 Å². The van der Waals surface area contributed by atoms with Gasteiger partial charge in [-0.2, -0.15) is 0 Å². The topological polar surface area (TPSA) is 68.3 Å². The lowest BCUT2D eigenvalue weighted by molar-refractivity contribution is 0.415. The van der Waals surface area contributed by atoms with Crippen molar-refractivity contribution in [3.05, 3.63) is 46.8 Å². The standard InChI is InChI=1S/C16H20N2O3S2/c1-12(2)11-23(19,20)17-9-8-16-18-15(10-22-16)13-4-6-14(21-3)7-5-13/h4-7,10,17H,1,8-9,11H2,2-3H3. The first-order valence-electron chi connectivity index (χ1n) is 7.10. The van der Waals surface area contributed by atoms with Crippen molar-refractivity contribution >= 4 is 21.4 Å². The molecule has 0 aliphatic rings. The number of nitrogens with zero attached hydrogens (tertiary/aromatic N) is 1. The molecule has 0 spiro atoms. The van der Waals surface area contributed by atoms with Gasteiger partial charge in [-0.05, 0) is 31.2 Å². The maximum atomic E-state index is 11.7. The van der Waals surface area contributed by atoms with Gasteiger partial charge in [-0.1, -0.05) is 12.2 Å². The summed E-state index contributed by atoms with van der Waals surface area (Å²) < 4.78 is 31.1. The van der Waals surface area contributed by atoms with E-state index in [0.29, 0.717) is 18.5 Å².